The highest BCUT2D eigenvalue weighted by Crippen LogP contribution is 2.35. The zero-order valence-corrected chi connectivity index (χ0v) is 25.5. The van der Waals surface area contributed by atoms with Crippen LogP contribution in [0.5, 0.6) is 0 Å². The van der Waals surface area contributed by atoms with Crippen LogP contribution in [0.15, 0.2) is 28.7 Å². The van der Waals surface area contributed by atoms with Gasteiger partial charge in [-0.25, -0.2) is 28.2 Å². The number of nitrogens with one attached hydrogen (secondary N) is 2. The number of carbonyl (C=O) groups is 2. The van der Waals surface area contributed by atoms with Crippen LogP contribution >= 0.6 is 11.3 Å². The fraction of sp³-hybridized carbons (Fsp3) is 0.500. The van der Waals surface area contributed by atoms with Gasteiger partial charge in [0.05, 0.1) is 23.9 Å². The zero-order chi connectivity index (χ0) is 30.9. The number of para-hydroxylation sites is 1. The number of piperazine rings is 1. The van der Waals surface area contributed by atoms with Crippen molar-refractivity contribution < 1.29 is 31.5 Å². The fourth-order valence-corrected chi connectivity index (χ4v) is 8.23. The van der Waals surface area contributed by atoms with Crippen molar-refractivity contribution in [2.24, 2.45) is 0 Å². The van der Waals surface area contributed by atoms with Crippen molar-refractivity contribution >= 4 is 55.2 Å². The molecule has 2 aromatic heterocycles. The molecule has 5 rings (SSSR count). The number of aromatic nitrogens is 3. The summed E-state index contributed by atoms with van der Waals surface area (Å²) in [6, 6.07) is 1.55. The van der Waals surface area contributed by atoms with E-state index in [-0.39, 0.29) is 53.4 Å². The summed E-state index contributed by atoms with van der Waals surface area (Å²) in [5, 5.41) is 6.42. The normalized spacial score (nSPS) is 18.5. The van der Waals surface area contributed by atoms with Crippen molar-refractivity contribution in [1.29, 1.82) is 0 Å². The van der Waals surface area contributed by atoms with Crippen LogP contribution in [0.25, 0.3) is 10.9 Å². The lowest BCUT2D eigenvalue weighted by Gasteiger charge is -2.35. The van der Waals surface area contributed by atoms with E-state index < -0.39 is 28.1 Å². The second-order valence-corrected chi connectivity index (χ2v) is 13.5. The van der Waals surface area contributed by atoms with Gasteiger partial charge < -0.3 is 10.1 Å². The number of anilines is 2. The molecule has 0 radical (unpaired) electrons. The molecule has 0 spiro atoms. The lowest BCUT2D eigenvalue weighted by Crippen LogP contribution is -2.50. The van der Waals surface area contributed by atoms with Crippen molar-refractivity contribution in [3.05, 3.63) is 35.8 Å². The Bertz CT molecular complexity index is 1630. The summed E-state index contributed by atoms with van der Waals surface area (Å²) in [4.78, 5) is 40.0. The highest BCUT2D eigenvalue weighted by molar-refractivity contribution is 7.91. The summed E-state index contributed by atoms with van der Waals surface area (Å²) in [5.41, 5.74) is 0.689. The molecule has 2 saturated heterocycles. The lowest BCUT2D eigenvalue weighted by molar-refractivity contribution is -0.0972. The Morgan fingerprint density at radius 2 is 1.91 bits per heavy atom. The van der Waals surface area contributed by atoms with Gasteiger partial charge >= 0.3 is 12.1 Å². The SMILES string of the molecule is COC(=O)Nc1nc(C)c(S(=O)(=O)N2CCN(C[C@H](C)Nc3ncnc4c(C(=O)N5CCCC5(F)F)cccc34)CC2)s1. The van der Waals surface area contributed by atoms with Gasteiger partial charge in [0.15, 0.2) is 9.34 Å². The highest BCUT2D eigenvalue weighted by atomic mass is 32.2. The van der Waals surface area contributed by atoms with Crippen LogP contribution < -0.4 is 10.6 Å². The molecule has 2 N–H and O–H groups in total. The molecule has 0 unspecified atom stereocenters. The molecule has 2 aliphatic heterocycles. The number of hydrogen-bond acceptors (Lipinski definition) is 11. The van der Waals surface area contributed by atoms with E-state index >= 15 is 0 Å². The quantitative estimate of drug-likeness (QED) is 0.352. The molecule has 4 heterocycles. The monoisotopic (exact) mass is 638 g/mol. The molecule has 43 heavy (non-hydrogen) atoms. The second kappa shape index (κ2) is 12.2. The molecule has 13 nitrogen and oxygen atoms in total. The molecule has 2 fully saturated rings. The maximum absolute atomic E-state index is 14.3. The van der Waals surface area contributed by atoms with Crippen LogP contribution in [0.1, 0.15) is 35.8 Å². The van der Waals surface area contributed by atoms with Gasteiger partial charge in [0.2, 0.25) is 0 Å². The number of sulfonamides is 1. The highest BCUT2D eigenvalue weighted by Gasteiger charge is 2.45. The smallest absolute Gasteiger partial charge is 0.413 e. The van der Waals surface area contributed by atoms with Crippen LogP contribution in [-0.2, 0) is 14.8 Å². The lowest BCUT2D eigenvalue weighted by atomic mass is 10.1. The van der Waals surface area contributed by atoms with Crippen molar-refractivity contribution in [3.63, 3.8) is 0 Å². The molecule has 0 bridgehead atoms. The summed E-state index contributed by atoms with van der Waals surface area (Å²) in [7, 11) is -2.60. The van der Waals surface area contributed by atoms with E-state index in [0.29, 0.717) is 46.9 Å². The number of thiazole rings is 1. The number of alkyl halides is 2. The fourth-order valence-electron chi connectivity index (χ4n) is 5.27. The van der Waals surface area contributed by atoms with Crippen molar-refractivity contribution in [3.8, 4) is 0 Å². The number of hydrogen-bond donors (Lipinski definition) is 2. The Balaban J connectivity index is 1.22. The van der Waals surface area contributed by atoms with E-state index in [9.17, 15) is 26.8 Å². The molecule has 0 saturated carbocycles. The Morgan fingerprint density at radius 3 is 2.58 bits per heavy atom. The van der Waals surface area contributed by atoms with Gasteiger partial charge in [0.25, 0.3) is 15.9 Å². The van der Waals surface area contributed by atoms with Crippen LogP contribution in [0.2, 0.25) is 0 Å². The summed E-state index contributed by atoms with van der Waals surface area (Å²) in [6.45, 7) is 5.62. The predicted molar refractivity (Wildman–Crippen MR) is 156 cm³/mol. The third-order valence-corrected chi connectivity index (χ3v) is 10.9. The van der Waals surface area contributed by atoms with E-state index in [4.69, 9.17) is 0 Å². The van der Waals surface area contributed by atoms with Gasteiger partial charge in [0, 0.05) is 57.1 Å². The summed E-state index contributed by atoms with van der Waals surface area (Å²) < 4.78 is 61.2. The number of carbonyl (C=O) groups excluding carboxylic acids is 2. The summed E-state index contributed by atoms with van der Waals surface area (Å²) >= 11 is 0.878. The molecule has 2 aliphatic rings. The van der Waals surface area contributed by atoms with Gasteiger partial charge in [0.1, 0.15) is 12.1 Å². The minimum Gasteiger partial charge on any atom is -0.453 e. The predicted octanol–water partition coefficient (Wildman–Crippen LogP) is 3.21. The number of likely N-dealkylation sites (tertiary alicyclic amines) is 1. The first-order valence-electron chi connectivity index (χ1n) is 13.7. The van der Waals surface area contributed by atoms with Gasteiger partial charge in [-0.1, -0.05) is 17.4 Å². The van der Waals surface area contributed by atoms with Crippen LogP contribution in [-0.4, -0.2) is 108 Å². The molecular weight excluding hydrogens is 606 g/mol. The number of halogens is 2. The molecule has 1 atom stereocenters. The van der Waals surface area contributed by atoms with Crippen molar-refractivity contribution in [2.45, 2.75) is 43.0 Å². The Kier molecular flexibility index (Phi) is 8.78. The molecule has 2 amide bonds. The first kappa shape index (κ1) is 30.9. The van der Waals surface area contributed by atoms with Crippen molar-refractivity contribution in [2.75, 3.05) is 57.0 Å². The number of rotatable bonds is 8. The van der Waals surface area contributed by atoms with Crippen LogP contribution in [0.3, 0.4) is 0 Å². The number of nitrogens with zero attached hydrogens (tertiary/aromatic N) is 6. The molecule has 1 aromatic carbocycles. The average Bonchev–Trinajstić information content (AvgIpc) is 3.53. The topological polar surface area (TPSA) is 150 Å². The molecule has 0 aliphatic carbocycles. The maximum Gasteiger partial charge on any atom is 0.413 e. The van der Waals surface area contributed by atoms with Gasteiger partial charge in [-0.05, 0) is 32.4 Å². The number of ether oxygens (including phenoxy) is 1. The van der Waals surface area contributed by atoms with E-state index in [1.807, 2.05) is 6.92 Å². The first-order chi connectivity index (χ1) is 20.4. The Labute approximate surface area is 251 Å². The van der Waals surface area contributed by atoms with E-state index in [1.165, 1.54) is 23.8 Å². The number of methoxy groups -OCH3 is 1. The van der Waals surface area contributed by atoms with E-state index in [0.717, 1.165) is 11.3 Å². The minimum atomic E-state index is -3.80. The number of fused-ring (bicyclic) bond motifs is 1. The van der Waals surface area contributed by atoms with Crippen LogP contribution in [0.4, 0.5) is 24.5 Å². The Hall–Kier alpha value is -3.54. The van der Waals surface area contributed by atoms with Crippen LogP contribution in [0, 0.1) is 6.92 Å². The zero-order valence-electron chi connectivity index (χ0n) is 23.8. The van der Waals surface area contributed by atoms with E-state index in [2.05, 4.69) is 35.2 Å². The van der Waals surface area contributed by atoms with Gasteiger partial charge in [-0.15, -0.1) is 0 Å². The van der Waals surface area contributed by atoms with Gasteiger partial charge in [-0.3, -0.25) is 19.9 Å². The number of aryl methyl sites for hydroxylation is 1. The molecule has 232 valence electrons. The third kappa shape index (κ3) is 6.39. The Morgan fingerprint density at radius 1 is 1.16 bits per heavy atom. The average molecular weight is 639 g/mol. The standard InChI is InChI=1S/C26H32F2N8O5S2/c1-16(14-34-10-12-35(13-11-34)43(39,40)23-17(2)32-24(42-23)33-25(38)41-3)31-21-18-6-4-7-19(20(18)29-15-30-21)22(37)36-9-5-8-26(36,27)28/h4,6-7,15-16H,5,8-14H2,1-3H3,(H,29,30,31)(H,32,33,38)/t16-/m0/s1. The molecular formula is C26H32F2N8O5S2. The molecule has 3 aromatic rings. The minimum absolute atomic E-state index is 0.0124. The third-order valence-electron chi connectivity index (χ3n) is 7.36. The van der Waals surface area contributed by atoms with Gasteiger partial charge in [-0.2, -0.15) is 13.1 Å². The van der Waals surface area contributed by atoms with E-state index in [1.54, 1.807) is 19.1 Å². The second-order valence-electron chi connectivity index (χ2n) is 10.4. The summed E-state index contributed by atoms with van der Waals surface area (Å²) in [5.74, 6) is -0.290. The number of benzene rings is 1. The maximum atomic E-state index is 14.3. The molecule has 17 heteroatoms. The largest absolute Gasteiger partial charge is 0.453 e. The first-order valence-corrected chi connectivity index (χ1v) is 15.9. The van der Waals surface area contributed by atoms with Crippen molar-refractivity contribution in [1.82, 2.24) is 29.1 Å². The summed E-state index contributed by atoms with van der Waals surface area (Å²) in [6.07, 6.45) is 0.449. The number of amides is 2.